The maximum atomic E-state index is 12.3. The van der Waals surface area contributed by atoms with E-state index in [4.69, 9.17) is 22.3 Å². The zero-order valence-corrected chi connectivity index (χ0v) is 18.7. The molecule has 0 aliphatic heterocycles. The highest BCUT2D eigenvalue weighted by molar-refractivity contribution is 6.33. The van der Waals surface area contributed by atoms with Crippen molar-refractivity contribution in [3.05, 3.63) is 95.8 Å². The molecular formula is C25H20ClN7O. The van der Waals surface area contributed by atoms with Gasteiger partial charge in [-0.2, -0.15) is 0 Å². The predicted octanol–water partition coefficient (Wildman–Crippen LogP) is 5.04. The Labute approximate surface area is 200 Å². The number of amides is 2. The monoisotopic (exact) mass is 469 g/mol. The molecule has 2 amide bonds. The van der Waals surface area contributed by atoms with E-state index < -0.39 is 0 Å². The number of nitrogens with zero attached hydrogens (tertiary/aromatic N) is 4. The lowest BCUT2D eigenvalue weighted by molar-refractivity contribution is 0.251. The number of fused-ring (bicyclic) bond motifs is 1. The molecule has 2 aromatic carbocycles. The van der Waals surface area contributed by atoms with E-state index in [-0.39, 0.29) is 6.03 Å². The van der Waals surface area contributed by atoms with Gasteiger partial charge < -0.3 is 16.4 Å². The van der Waals surface area contributed by atoms with Crippen LogP contribution in [-0.4, -0.2) is 25.6 Å². The summed E-state index contributed by atoms with van der Waals surface area (Å²) >= 11 is 6.09. The van der Waals surface area contributed by atoms with Crippen LogP contribution in [0.3, 0.4) is 0 Å². The van der Waals surface area contributed by atoms with Crippen LogP contribution in [0, 0.1) is 0 Å². The summed E-state index contributed by atoms with van der Waals surface area (Å²) in [5.74, 6) is 1.05. The van der Waals surface area contributed by atoms with Gasteiger partial charge in [0.2, 0.25) is 0 Å². The van der Waals surface area contributed by atoms with Crippen molar-refractivity contribution in [3.63, 3.8) is 0 Å². The molecule has 0 saturated carbocycles. The number of imidazole rings is 1. The summed E-state index contributed by atoms with van der Waals surface area (Å²) in [6, 6.07) is 22.0. The molecule has 34 heavy (non-hydrogen) atoms. The topological polar surface area (TPSA) is 111 Å². The normalized spacial score (nSPS) is 10.9. The number of halogens is 1. The Morgan fingerprint density at radius 2 is 1.71 bits per heavy atom. The molecule has 168 valence electrons. The van der Waals surface area contributed by atoms with Crippen LogP contribution >= 0.6 is 11.6 Å². The van der Waals surface area contributed by atoms with Crippen LogP contribution in [0.4, 0.5) is 16.3 Å². The molecule has 3 aromatic heterocycles. The van der Waals surface area contributed by atoms with Gasteiger partial charge in [0, 0.05) is 24.6 Å². The summed E-state index contributed by atoms with van der Waals surface area (Å²) in [5.41, 5.74) is 10.7. The van der Waals surface area contributed by atoms with Crippen molar-refractivity contribution in [2.24, 2.45) is 0 Å². The minimum absolute atomic E-state index is 0.337. The number of para-hydroxylation sites is 1. The summed E-state index contributed by atoms with van der Waals surface area (Å²) in [6.45, 7) is 0.349. The molecule has 9 heteroatoms. The number of rotatable bonds is 5. The van der Waals surface area contributed by atoms with E-state index >= 15 is 0 Å². The Kier molecular flexibility index (Phi) is 5.80. The van der Waals surface area contributed by atoms with Gasteiger partial charge in [0.05, 0.1) is 16.3 Å². The summed E-state index contributed by atoms with van der Waals surface area (Å²) in [7, 11) is 0. The summed E-state index contributed by atoms with van der Waals surface area (Å²) in [6.07, 6.45) is 3.38. The number of nitrogens with two attached hydrogens (primary N) is 1. The fraction of sp³-hybridized carbons (Fsp3) is 0.0400. The number of hydrogen-bond acceptors (Lipinski definition) is 5. The minimum atomic E-state index is -0.337. The molecule has 4 N–H and O–H groups in total. The molecule has 0 radical (unpaired) electrons. The summed E-state index contributed by atoms with van der Waals surface area (Å²) in [5, 5.41) is 6.06. The van der Waals surface area contributed by atoms with Crippen molar-refractivity contribution >= 4 is 40.3 Å². The molecule has 0 aliphatic rings. The highest BCUT2D eigenvalue weighted by Crippen LogP contribution is 2.30. The van der Waals surface area contributed by atoms with Gasteiger partial charge in [-0.3, -0.25) is 4.57 Å². The van der Waals surface area contributed by atoms with E-state index in [1.165, 1.54) is 0 Å². The van der Waals surface area contributed by atoms with Crippen LogP contribution < -0.4 is 16.4 Å². The van der Waals surface area contributed by atoms with E-state index in [2.05, 4.69) is 20.6 Å². The van der Waals surface area contributed by atoms with Crippen molar-refractivity contribution in [2.75, 3.05) is 11.1 Å². The largest absolute Gasteiger partial charge is 0.383 e. The van der Waals surface area contributed by atoms with Crippen LogP contribution in [0.2, 0.25) is 5.02 Å². The number of nitrogen functional groups attached to an aromatic ring is 1. The van der Waals surface area contributed by atoms with Gasteiger partial charge in [-0.15, -0.1) is 0 Å². The summed E-state index contributed by atoms with van der Waals surface area (Å²) in [4.78, 5) is 25.7. The fourth-order valence-corrected chi connectivity index (χ4v) is 3.80. The van der Waals surface area contributed by atoms with Crippen molar-refractivity contribution in [1.82, 2.24) is 24.8 Å². The van der Waals surface area contributed by atoms with Gasteiger partial charge in [0.1, 0.15) is 11.3 Å². The van der Waals surface area contributed by atoms with Crippen molar-refractivity contribution < 1.29 is 4.79 Å². The summed E-state index contributed by atoms with van der Waals surface area (Å²) < 4.78 is 1.95. The standard InChI is InChI=1S/C25H20ClN7O/c26-19-6-1-2-7-20(19)32-25(34)30-15-16-9-11-17(12-10-16)33-23(18-5-3-13-28-22(18)27)31-21-8-4-14-29-24(21)33/h1-14H,15H2,(H2,27,28)(H2,30,32,34). The quantitative estimate of drug-likeness (QED) is 0.334. The number of anilines is 2. The zero-order valence-electron chi connectivity index (χ0n) is 17.9. The number of hydrogen-bond donors (Lipinski definition) is 3. The number of pyridine rings is 2. The second-order valence-corrected chi connectivity index (χ2v) is 7.91. The smallest absolute Gasteiger partial charge is 0.319 e. The fourth-order valence-electron chi connectivity index (χ4n) is 3.62. The van der Waals surface area contributed by atoms with Crippen LogP contribution in [-0.2, 0) is 6.54 Å². The molecule has 5 aromatic rings. The maximum Gasteiger partial charge on any atom is 0.319 e. The van der Waals surface area contributed by atoms with E-state index in [0.717, 1.165) is 22.3 Å². The third-order valence-electron chi connectivity index (χ3n) is 5.27. The molecule has 0 fully saturated rings. The lowest BCUT2D eigenvalue weighted by Crippen LogP contribution is -2.28. The van der Waals surface area contributed by atoms with Crippen molar-refractivity contribution in [2.45, 2.75) is 6.54 Å². The van der Waals surface area contributed by atoms with E-state index in [9.17, 15) is 4.79 Å². The van der Waals surface area contributed by atoms with Gasteiger partial charge in [-0.25, -0.2) is 19.7 Å². The molecule has 5 rings (SSSR count). The van der Waals surface area contributed by atoms with Gasteiger partial charge in [0.25, 0.3) is 0 Å². The number of carbonyl (C=O) groups is 1. The molecule has 3 heterocycles. The Morgan fingerprint density at radius 1 is 0.941 bits per heavy atom. The molecule has 0 bridgehead atoms. The molecule has 8 nitrogen and oxygen atoms in total. The van der Waals surface area contributed by atoms with Crippen LogP contribution in [0.15, 0.2) is 85.2 Å². The highest BCUT2D eigenvalue weighted by atomic mass is 35.5. The average Bonchev–Trinajstić information content (AvgIpc) is 3.24. The molecule has 0 unspecified atom stereocenters. The first-order chi connectivity index (χ1) is 16.6. The Balaban J connectivity index is 1.39. The first kappa shape index (κ1) is 21.4. The first-order valence-corrected chi connectivity index (χ1v) is 10.9. The molecule has 0 saturated heterocycles. The van der Waals surface area contributed by atoms with E-state index in [1.54, 1.807) is 30.6 Å². The van der Waals surface area contributed by atoms with Gasteiger partial charge in [-0.1, -0.05) is 35.9 Å². The second-order valence-electron chi connectivity index (χ2n) is 7.51. The van der Waals surface area contributed by atoms with Gasteiger partial charge >= 0.3 is 6.03 Å². The SMILES string of the molecule is Nc1ncccc1-c1nc2cccnc2n1-c1ccc(CNC(=O)Nc2ccccc2Cl)cc1. The van der Waals surface area contributed by atoms with Crippen molar-refractivity contribution in [1.29, 1.82) is 0 Å². The molecule has 0 aliphatic carbocycles. The number of nitrogens with one attached hydrogen (secondary N) is 2. The average molecular weight is 470 g/mol. The highest BCUT2D eigenvalue weighted by Gasteiger charge is 2.17. The number of benzene rings is 2. The lowest BCUT2D eigenvalue weighted by atomic mass is 10.2. The Hall–Kier alpha value is -4.43. The van der Waals surface area contributed by atoms with E-state index in [1.807, 2.05) is 59.2 Å². The van der Waals surface area contributed by atoms with E-state index in [0.29, 0.717) is 34.5 Å². The Bertz CT molecular complexity index is 1480. The maximum absolute atomic E-state index is 12.3. The number of aromatic nitrogens is 4. The third kappa shape index (κ3) is 4.26. The second kappa shape index (κ2) is 9.21. The van der Waals surface area contributed by atoms with Crippen LogP contribution in [0.5, 0.6) is 0 Å². The molecule has 0 spiro atoms. The minimum Gasteiger partial charge on any atom is -0.383 e. The number of urea groups is 1. The molecule has 0 atom stereocenters. The third-order valence-corrected chi connectivity index (χ3v) is 5.59. The van der Waals surface area contributed by atoms with Crippen molar-refractivity contribution in [3.8, 4) is 17.1 Å². The van der Waals surface area contributed by atoms with Gasteiger partial charge in [0.15, 0.2) is 11.5 Å². The van der Waals surface area contributed by atoms with Crippen LogP contribution in [0.25, 0.3) is 28.2 Å². The Morgan fingerprint density at radius 3 is 2.50 bits per heavy atom. The molecular weight excluding hydrogens is 450 g/mol. The first-order valence-electron chi connectivity index (χ1n) is 10.5. The zero-order chi connectivity index (χ0) is 23.5. The lowest BCUT2D eigenvalue weighted by Gasteiger charge is -2.12. The van der Waals surface area contributed by atoms with Crippen LogP contribution in [0.1, 0.15) is 5.56 Å². The predicted molar refractivity (Wildman–Crippen MR) is 134 cm³/mol. The number of carbonyl (C=O) groups excluding carboxylic acids is 1. The van der Waals surface area contributed by atoms with Gasteiger partial charge in [-0.05, 0) is 54.1 Å².